The van der Waals surface area contributed by atoms with E-state index in [1.807, 2.05) is 19.9 Å². The molecule has 70 valence electrons. The molecule has 0 saturated heterocycles. The van der Waals surface area contributed by atoms with Crippen LogP contribution in [0.5, 0.6) is 0 Å². The molecule has 1 nitrogen and oxygen atoms in total. The summed E-state index contributed by atoms with van der Waals surface area (Å²) in [7, 11) is 0. The lowest BCUT2D eigenvalue weighted by atomic mass is 9.86. The Bertz CT molecular complexity index is 344. The fourth-order valence-electron chi connectivity index (χ4n) is 2.33. The molecule has 0 bridgehead atoms. The number of nitrogens with two attached hydrogens (primary N) is 1. The summed E-state index contributed by atoms with van der Waals surface area (Å²) in [5.41, 5.74) is 7.60. The zero-order chi connectivity index (χ0) is 9.64. The van der Waals surface area contributed by atoms with Crippen molar-refractivity contribution in [2.75, 3.05) is 0 Å². The maximum atomic E-state index is 13.5. The molecule has 1 aromatic carbocycles. The first-order valence-corrected chi connectivity index (χ1v) is 4.57. The number of hydrogen-bond acceptors (Lipinski definition) is 1. The van der Waals surface area contributed by atoms with Gasteiger partial charge >= 0.3 is 0 Å². The van der Waals surface area contributed by atoms with Crippen LogP contribution in [0.3, 0.4) is 0 Å². The zero-order valence-electron chi connectivity index (χ0n) is 7.97. The van der Waals surface area contributed by atoms with Crippen molar-refractivity contribution in [3.63, 3.8) is 0 Å². The van der Waals surface area contributed by atoms with Crippen molar-refractivity contribution in [1.29, 1.82) is 0 Å². The highest BCUT2D eigenvalue weighted by atomic mass is 19.1. The van der Waals surface area contributed by atoms with Gasteiger partial charge in [-0.15, -0.1) is 0 Å². The summed E-state index contributed by atoms with van der Waals surface area (Å²) in [4.78, 5) is 0. The first-order valence-electron chi connectivity index (χ1n) is 4.57. The summed E-state index contributed by atoms with van der Waals surface area (Å²) in [5, 5.41) is 0. The summed E-state index contributed by atoms with van der Waals surface area (Å²) in [6.07, 6.45) is 0.837. The van der Waals surface area contributed by atoms with E-state index in [9.17, 15) is 4.39 Å². The molecule has 0 radical (unpaired) electrons. The molecule has 1 atom stereocenters. The third kappa shape index (κ3) is 1.17. The van der Waals surface area contributed by atoms with Crippen molar-refractivity contribution >= 4 is 0 Å². The Morgan fingerprint density at radius 1 is 1.46 bits per heavy atom. The monoisotopic (exact) mass is 179 g/mol. The van der Waals surface area contributed by atoms with E-state index < -0.39 is 0 Å². The van der Waals surface area contributed by atoms with E-state index in [0.717, 1.165) is 17.5 Å². The Morgan fingerprint density at radius 3 is 2.77 bits per heavy atom. The Labute approximate surface area is 77.8 Å². The van der Waals surface area contributed by atoms with Crippen LogP contribution in [0.1, 0.15) is 37.4 Å². The van der Waals surface area contributed by atoms with E-state index in [4.69, 9.17) is 5.73 Å². The molecule has 0 saturated carbocycles. The molecule has 1 aliphatic carbocycles. The third-order valence-electron chi connectivity index (χ3n) is 2.85. The van der Waals surface area contributed by atoms with E-state index in [1.165, 1.54) is 6.07 Å². The normalized spacial score (nSPS) is 24.5. The smallest absolute Gasteiger partial charge is 0.127 e. The molecule has 0 aromatic heterocycles. The van der Waals surface area contributed by atoms with Gasteiger partial charge in [0.15, 0.2) is 0 Å². The Kier molecular flexibility index (Phi) is 1.70. The molecule has 1 aliphatic rings. The average Bonchev–Trinajstić information content (AvgIpc) is 2.24. The fourth-order valence-corrected chi connectivity index (χ4v) is 2.33. The molecule has 0 spiro atoms. The highest BCUT2D eigenvalue weighted by molar-refractivity contribution is 5.41. The summed E-state index contributed by atoms with van der Waals surface area (Å²) >= 11 is 0. The molecule has 1 unspecified atom stereocenters. The minimum Gasteiger partial charge on any atom is -0.324 e. The van der Waals surface area contributed by atoms with Crippen LogP contribution >= 0.6 is 0 Å². The quantitative estimate of drug-likeness (QED) is 0.650. The molecule has 1 aromatic rings. The molecular formula is C11H14FN. The van der Waals surface area contributed by atoms with E-state index in [1.54, 1.807) is 6.07 Å². The number of halogens is 1. The summed E-state index contributed by atoms with van der Waals surface area (Å²) in [5.74, 6) is -0.115. The Morgan fingerprint density at radius 2 is 2.15 bits per heavy atom. The second-order valence-corrected chi connectivity index (χ2v) is 4.40. The van der Waals surface area contributed by atoms with Gasteiger partial charge in [-0.2, -0.15) is 0 Å². The molecule has 2 rings (SSSR count). The molecule has 0 fully saturated rings. The maximum Gasteiger partial charge on any atom is 0.127 e. The Hall–Kier alpha value is -0.890. The standard InChI is InChI=1S/C11H14FN/c1-11(2)6-9(13)7-4-3-5-8(12)10(7)11/h3-5,9H,6,13H2,1-2H3. The predicted octanol–water partition coefficient (Wildman–Crippen LogP) is 2.51. The fraction of sp³-hybridized carbons (Fsp3) is 0.455. The minimum absolute atomic E-state index is 0.000648. The van der Waals surface area contributed by atoms with Gasteiger partial charge in [0, 0.05) is 6.04 Å². The summed E-state index contributed by atoms with van der Waals surface area (Å²) in [6, 6.07) is 5.17. The topological polar surface area (TPSA) is 26.0 Å². The number of benzene rings is 1. The van der Waals surface area contributed by atoms with Gasteiger partial charge in [-0.3, -0.25) is 0 Å². The minimum atomic E-state index is -0.115. The van der Waals surface area contributed by atoms with Gasteiger partial charge in [0.05, 0.1) is 0 Å². The third-order valence-corrected chi connectivity index (χ3v) is 2.85. The van der Waals surface area contributed by atoms with Gasteiger partial charge < -0.3 is 5.73 Å². The highest BCUT2D eigenvalue weighted by Crippen LogP contribution is 2.44. The van der Waals surface area contributed by atoms with Crippen LogP contribution in [-0.4, -0.2) is 0 Å². The van der Waals surface area contributed by atoms with Crippen molar-refractivity contribution in [3.05, 3.63) is 35.1 Å². The molecule has 0 amide bonds. The summed E-state index contributed by atoms with van der Waals surface area (Å²) in [6.45, 7) is 4.09. The van der Waals surface area contributed by atoms with E-state index in [0.29, 0.717) is 0 Å². The molecule has 2 N–H and O–H groups in total. The summed E-state index contributed by atoms with van der Waals surface area (Å²) < 4.78 is 13.5. The SMILES string of the molecule is CC1(C)CC(N)c2cccc(F)c21. The number of hydrogen-bond donors (Lipinski definition) is 1. The van der Waals surface area contributed by atoms with Crippen LogP contribution in [0.25, 0.3) is 0 Å². The van der Waals surface area contributed by atoms with Crippen molar-refractivity contribution in [3.8, 4) is 0 Å². The largest absolute Gasteiger partial charge is 0.324 e. The Balaban J connectivity index is 2.66. The van der Waals surface area contributed by atoms with Gasteiger partial charge in [-0.1, -0.05) is 26.0 Å². The highest BCUT2D eigenvalue weighted by Gasteiger charge is 2.37. The van der Waals surface area contributed by atoms with Crippen molar-refractivity contribution in [2.45, 2.75) is 31.7 Å². The molecule has 0 aliphatic heterocycles. The first kappa shape index (κ1) is 8.70. The number of rotatable bonds is 0. The van der Waals surface area contributed by atoms with Crippen molar-refractivity contribution < 1.29 is 4.39 Å². The van der Waals surface area contributed by atoms with Gasteiger partial charge in [-0.05, 0) is 29.0 Å². The van der Waals surface area contributed by atoms with Crippen molar-refractivity contribution in [2.24, 2.45) is 5.73 Å². The van der Waals surface area contributed by atoms with Gasteiger partial charge in [-0.25, -0.2) is 4.39 Å². The van der Waals surface area contributed by atoms with Crippen LogP contribution in [0, 0.1) is 5.82 Å². The van der Waals surface area contributed by atoms with E-state index >= 15 is 0 Å². The molecule has 0 heterocycles. The van der Waals surface area contributed by atoms with Crippen LogP contribution < -0.4 is 5.73 Å². The second-order valence-electron chi connectivity index (χ2n) is 4.40. The van der Waals surface area contributed by atoms with Gasteiger partial charge in [0.1, 0.15) is 5.82 Å². The van der Waals surface area contributed by atoms with Gasteiger partial charge in [0.25, 0.3) is 0 Å². The van der Waals surface area contributed by atoms with Crippen LogP contribution in [-0.2, 0) is 5.41 Å². The average molecular weight is 179 g/mol. The lowest BCUT2D eigenvalue weighted by Gasteiger charge is -2.19. The van der Waals surface area contributed by atoms with E-state index in [2.05, 4.69) is 0 Å². The van der Waals surface area contributed by atoms with Gasteiger partial charge in [0.2, 0.25) is 0 Å². The molecule has 2 heteroatoms. The van der Waals surface area contributed by atoms with Crippen molar-refractivity contribution in [1.82, 2.24) is 0 Å². The first-order chi connectivity index (χ1) is 6.02. The predicted molar refractivity (Wildman–Crippen MR) is 51.0 cm³/mol. The molecule has 13 heavy (non-hydrogen) atoms. The van der Waals surface area contributed by atoms with Crippen LogP contribution in [0.4, 0.5) is 4.39 Å². The van der Waals surface area contributed by atoms with Crippen LogP contribution in [0.15, 0.2) is 18.2 Å². The lowest BCUT2D eigenvalue weighted by molar-refractivity contribution is 0.461. The zero-order valence-corrected chi connectivity index (χ0v) is 7.97. The molecular weight excluding hydrogens is 165 g/mol. The number of fused-ring (bicyclic) bond motifs is 1. The van der Waals surface area contributed by atoms with Crippen LogP contribution in [0.2, 0.25) is 0 Å². The second kappa shape index (κ2) is 2.55. The van der Waals surface area contributed by atoms with E-state index in [-0.39, 0.29) is 17.3 Å². The maximum absolute atomic E-state index is 13.5. The lowest BCUT2D eigenvalue weighted by Crippen LogP contribution is -2.15.